The van der Waals surface area contributed by atoms with E-state index in [4.69, 9.17) is 21.1 Å². The number of alkyl carbamates (subject to hydrolysis) is 1. The summed E-state index contributed by atoms with van der Waals surface area (Å²) in [6.07, 6.45) is -0.553. The van der Waals surface area contributed by atoms with Crippen molar-refractivity contribution < 1.29 is 23.5 Å². The van der Waals surface area contributed by atoms with Crippen molar-refractivity contribution >= 4 is 50.9 Å². The molecule has 0 aliphatic heterocycles. The Labute approximate surface area is 233 Å². The Hall–Kier alpha value is -2.69. The highest BCUT2D eigenvalue weighted by atomic mass is 79.9. The Morgan fingerprint density at radius 2 is 1.95 bits per heavy atom. The van der Waals surface area contributed by atoms with Gasteiger partial charge in [-0.3, -0.25) is 4.79 Å². The summed E-state index contributed by atoms with van der Waals surface area (Å²) in [7, 11) is 1.67. The zero-order valence-corrected chi connectivity index (χ0v) is 24.5. The number of carbonyl (C=O) groups is 2. The van der Waals surface area contributed by atoms with Gasteiger partial charge in [-0.25, -0.2) is 14.2 Å². The molecule has 0 saturated heterocycles. The molecule has 1 unspecified atom stereocenters. The monoisotopic (exact) mass is 611 g/mol. The van der Waals surface area contributed by atoms with Gasteiger partial charge in [0.2, 0.25) is 0 Å². The Balaban J connectivity index is 1.75. The number of rotatable bonds is 7. The minimum Gasteiger partial charge on any atom is -0.457 e. The maximum Gasteiger partial charge on any atom is 0.408 e. The number of hydrogen-bond donors (Lipinski definition) is 1. The number of carbonyl (C=O) groups excluding carboxylic acids is 2. The first kappa shape index (κ1) is 28.9. The first-order chi connectivity index (χ1) is 17.2. The summed E-state index contributed by atoms with van der Waals surface area (Å²) in [4.78, 5) is 32.2. The number of benzene rings is 2. The molecule has 37 heavy (non-hydrogen) atoms. The first-order valence-corrected chi connectivity index (χ1v) is 13.4. The third-order valence-corrected chi connectivity index (χ3v) is 6.96. The van der Waals surface area contributed by atoms with Crippen LogP contribution < -0.4 is 10.1 Å². The highest BCUT2D eigenvalue weighted by Gasteiger charge is 2.24. The number of aryl methyl sites for hydroxylation is 1. The van der Waals surface area contributed by atoms with Crippen LogP contribution in [-0.4, -0.2) is 34.5 Å². The van der Waals surface area contributed by atoms with E-state index in [1.54, 1.807) is 40.8 Å². The van der Waals surface area contributed by atoms with Gasteiger partial charge in [0.05, 0.1) is 11.1 Å². The molecule has 0 saturated carbocycles. The number of aromatic nitrogens is 1. The summed E-state index contributed by atoms with van der Waals surface area (Å²) in [6.45, 7) is 9.19. The van der Waals surface area contributed by atoms with E-state index in [9.17, 15) is 14.0 Å². The second-order valence-corrected chi connectivity index (χ2v) is 12.0. The van der Waals surface area contributed by atoms with Gasteiger partial charge in [0.15, 0.2) is 0 Å². The van der Waals surface area contributed by atoms with Crippen molar-refractivity contribution in [1.82, 2.24) is 15.2 Å². The number of amides is 2. The molecule has 0 radical (unpaired) electrons. The maximum absolute atomic E-state index is 13.5. The summed E-state index contributed by atoms with van der Waals surface area (Å²) in [5.74, 6) is 0.0411. The molecule has 0 fully saturated rings. The van der Waals surface area contributed by atoms with Crippen LogP contribution in [0.25, 0.3) is 0 Å². The minimum absolute atomic E-state index is 0.0495. The fourth-order valence-corrected chi connectivity index (χ4v) is 4.70. The molecule has 11 heteroatoms. The van der Waals surface area contributed by atoms with Gasteiger partial charge in [0, 0.05) is 34.6 Å². The van der Waals surface area contributed by atoms with E-state index in [0.717, 1.165) is 14.9 Å². The van der Waals surface area contributed by atoms with Gasteiger partial charge in [-0.2, -0.15) is 0 Å². The van der Waals surface area contributed by atoms with E-state index in [0.29, 0.717) is 22.2 Å². The van der Waals surface area contributed by atoms with Crippen molar-refractivity contribution in [3.8, 4) is 11.5 Å². The maximum atomic E-state index is 13.5. The molecule has 1 atom stereocenters. The molecule has 0 aliphatic rings. The molecule has 0 aliphatic carbocycles. The fourth-order valence-electron chi connectivity index (χ4n) is 3.28. The lowest BCUT2D eigenvalue weighted by atomic mass is 10.2. The number of ether oxygens (including phenoxy) is 2. The van der Waals surface area contributed by atoms with Crippen molar-refractivity contribution in [2.45, 2.75) is 52.8 Å². The zero-order valence-electron chi connectivity index (χ0n) is 21.3. The van der Waals surface area contributed by atoms with Crippen LogP contribution in [0.15, 0.2) is 40.9 Å². The predicted molar refractivity (Wildman–Crippen MR) is 146 cm³/mol. The van der Waals surface area contributed by atoms with Gasteiger partial charge >= 0.3 is 6.09 Å². The highest BCUT2D eigenvalue weighted by molar-refractivity contribution is 9.10. The number of hydrogen-bond acceptors (Lipinski definition) is 6. The average Bonchev–Trinajstić information content (AvgIpc) is 3.18. The number of halogens is 3. The van der Waals surface area contributed by atoms with Crippen LogP contribution in [0.1, 0.15) is 59.7 Å². The lowest BCUT2D eigenvalue weighted by Gasteiger charge is -2.21. The second kappa shape index (κ2) is 11.8. The lowest BCUT2D eigenvalue weighted by Crippen LogP contribution is -2.34. The van der Waals surface area contributed by atoms with E-state index in [-0.39, 0.29) is 17.5 Å². The van der Waals surface area contributed by atoms with Crippen molar-refractivity contribution in [2.75, 3.05) is 7.05 Å². The molecular weight excluding hydrogens is 585 g/mol. The van der Waals surface area contributed by atoms with Crippen LogP contribution in [0.2, 0.25) is 5.02 Å². The van der Waals surface area contributed by atoms with E-state index in [1.807, 2.05) is 19.1 Å². The molecule has 1 heterocycles. The SMILES string of the molecule is Cc1sc(C(C)NC(=O)OC(C)(C)C)nc1C(=O)N(C)Cc1ccc(Br)cc1Oc1ccc(F)c(Cl)c1. The highest BCUT2D eigenvalue weighted by Crippen LogP contribution is 2.32. The van der Waals surface area contributed by atoms with Gasteiger partial charge in [-0.1, -0.05) is 33.6 Å². The van der Waals surface area contributed by atoms with Crippen LogP contribution in [0.5, 0.6) is 11.5 Å². The first-order valence-electron chi connectivity index (χ1n) is 11.4. The van der Waals surface area contributed by atoms with Crippen molar-refractivity contribution in [2.24, 2.45) is 0 Å². The third-order valence-electron chi connectivity index (χ3n) is 5.02. The zero-order chi connectivity index (χ0) is 27.5. The smallest absolute Gasteiger partial charge is 0.408 e. The summed E-state index contributed by atoms with van der Waals surface area (Å²) in [5, 5.41) is 3.30. The van der Waals surface area contributed by atoms with Gasteiger partial charge < -0.3 is 19.7 Å². The Kier molecular flexibility index (Phi) is 9.20. The van der Waals surface area contributed by atoms with E-state index < -0.39 is 23.6 Å². The van der Waals surface area contributed by atoms with E-state index >= 15 is 0 Å². The minimum atomic E-state index is -0.620. The second-order valence-electron chi connectivity index (χ2n) is 9.42. The van der Waals surface area contributed by atoms with Gasteiger partial charge in [-0.15, -0.1) is 11.3 Å². The quantitative estimate of drug-likeness (QED) is 0.296. The Bertz CT molecular complexity index is 1310. The Morgan fingerprint density at radius 3 is 2.59 bits per heavy atom. The normalized spacial score (nSPS) is 12.1. The summed E-state index contributed by atoms with van der Waals surface area (Å²) < 4.78 is 25.6. The third kappa shape index (κ3) is 7.90. The van der Waals surface area contributed by atoms with Crippen LogP contribution in [-0.2, 0) is 11.3 Å². The molecule has 2 aromatic carbocycles. The van der Waals surface area contributed by atoms with Crippen LogP contribution in [0.4, 0.5) is 9.18 Å². The van der Waals surface area contributed by atoms with Crippen LogP contribution in [0, 0.1) is 12.7 Å². The molecule has 1 aromatic heterocycles. The molecule has 0 bridgehead atoms. The number of nitrogens with zero attached hydrogens (tertiary/aromatic N) is 2. The number of thiazole rings is 1. The fraction of sp³-hybridized carbons (Fsp3) is 0.346. The summed E-state index contributed by atoms with van der Waals surface area (Å²) in [6, 6.07) is 9.11. The van der Waals surface area contributed by atoms with Crippen molar-refractivity contribution in [1.29, 1.82) is 0 Å². The molecule has 7 nitrogen and oxygen atoms in total. The largest absolute Gasteiger partial charge is 0.457 e. The summed E-state index contributed by atoms with van der Waals surface area (Å²) >= 11 is 10.7. The van der Waals surface area contributed by atoms with Crippen molar-refractivity contribution in [3.05, 3.63) is 72.9 Å². The van der Waals surface area contributed by atoms with Gasteiger partial charge in [0.1, 0.15) is 33.6 Å². The molecule has 1 N–H and O–H groups in total. The Morgan fingerprint density at radius 1 is 1.24 bits per heavy atom. The molecule has 2 amide bonds. The molecule has 198 valence electrons. The predicted octanol–water partition coefficient (Wildman–Crippen LogP) is 7.66. The van der Waals surface area contributed by atoms with Gasteiger partial charge in [0.25, 0.3) is 5.91 Å². The number of nitrogens with one attached hydrogen (secondary N) is 1. The van der Waals surface area contributed by atoms with E-state index in [1.165, 1.54) is 34.4 Å². The summed E-state index contributed by atoms with van der Waals surface area (Å²) in [5.41, 5.74) is 0.420. The molecule has 0 spiro atoms. The lowest BCUT2D eigenvalue weighted by molar-refractivity contribution is 0.0507. The standard InChI is InChI=1S/C26H28BrClFN3O4S/c1-14(30-25(34)36-26(3,4)5)23-31-22(15(2)37-23)24(33)32(6)13-16-7-8-17(27)11-21(16)35-18-9-10-20(29)19(28)12-18/h7-12,14H,13H2,1-6H3,(H,30,34). The van der Waals surface area contributed by atoms with E-state index in [2.05, 4.69) is 26.2 Å². The van der Waals surface area contributed by atoms with Crippen molar-refractivity contribution in [3.63, 3.8) is 0 Å². The average molecular weight is 613 g/mol. The molecule has 3 rings (SSSR count). The van der Waals surface area contributed by atoms with Crippen LogP contribution >= 0.6 is 38.9 Å². The molecule has 3 aromatic rings. The molecular formula is C26H28BrClFN3O4S. The van der Waals surface area contributed by atoms with Gasteiger partial charge in [-0.05, 0) is 58.9 Å². The topological polar surface area (TPSA) is 80.8 Å². The van der Waals surface area contributed by atoms with Crippen LogP contribution in [0.3, 0.4) is 0 Å².